The van der Waals surface area contributed by atoms with Gasteiger partial charge in [-0.25, -0.2) is 9.20 Å². The second-order valence-corrected chi connectivity index (χ2v) is 6.86. The molecule has 3 aromatic heterocycles. The van der Waals surface area contributed by atoms with E-state index < -0.39 is 0 Å². The van der Waals surface area contributed by atoms with Crippen LogP contribution in [0.3, 0.4) is 0 Å². The summed E-state index contributed by atoms with van der Waals surface area (Å²) in [7, 11) is 0. The summed E-state index contributed by atoms with van der Waals surface area (Å²) in [6, 6.07) is 12.3. The average molecular weight is 405 g/mol. The fourth-order valence-electron chi connectivity index (χ4n) is 3.37. The van der Waals surface area contributed by atoms with Crippen molar-refractivity contribution in [3.63, 3.8) is 0 Å². The zero-order valence-electron chi connectivity index (χ0n) is 16.0. The van der Waals surface area contributed by atoms with Gasteiger partial charge < -0.3 is 9.64 Å². The Kier molecular flexibility index (Phi) is 4.77. The van der Waals surface area contributed by atoms with Crippen molar-refractivity contribution < 1.29 is 9.53 Å². The summed E-state index contributed by atoms with van der Waals surface area (Å²) in [6.07, 6.45) is 3.27. The standard InChI is InChI=1S/C19H19N9O2/c29-18(12-27-13-20-24-25-27)22-19-21-17-5-4-15(11-28(17)23-19)14-2-1-3-16(10-14)26-6-8-30-9-7-26/h1-5,10-11,13H,6-9,12H2,(H,22,23,29). The molecule has 4 aromatic rings. The molecule has 1 N–H and O–H groups in total. The molecule has 1 aliphatic rings. The van der Waals surface area contributed by atoms with Crippen molar-refractivity contribution in [3.8, 4) is 11.1 Å². The highest BCUT2D eigenvalue weighted by Gasteiger charge is 2.13. The molecule has 11 nitrogen and oxygen atoms in total. The Labute approximate surface area is 171 Å². The van der Waals surface area contributed by atoms with Crippen molar-refractivity contribution in [1.82, 2.24) is 34.8 Å². The maximum Gasteiger partial charge on any atom is 0.249 e. The normalized spacial score (nSPS) is 14.2. The Bertz CT molecular complexity index is 1170. The molecule has 0 bridgehead atoms. The number of rotatable bonds is 5. The van der Waals surface area contributed by atoms with Crippen LogP contribution >= 0.6 is 0 Å². The lowest BCUT2D eigenvalue weighted by Crippen LogP contribution is -2.36. The van der Waals surface area contributed by atoms with Gasteiger partial charge >= 0.3 is 0 Å². The number of morpholine rings is 1. The zero-order valence-corrected chi connectivity index (χ0v) is 16.0. The number of ether oxygens (including phenoxy) is 1. The SMILES string of the molecule is O=C(Cn1cnnn1)Nc1nc2ccc(-c3cccc(N4CCOCC4)c3)cn2n1. The number of aromatic nitrogens is 7. The maximum atomic E-state index is 12.1. The molecule has 0 aliphatic carbocycles. The first-order chi connectivity index (χ1) is 14.7. The first kappa shape index (κ1) is 18.2. The van der Waals surface area contributed by atoms with Gasteiger partial charge in [0.25, 0.3) is 0 Å². The number of fused-ring (bicyclic) bond motifs is 1. The summed E-state index contributed by atoms with van der Waals surface area (Å²) in [5.41, 5.74) is 3.90. The van der Waals surface area contributed by atoms with E-state index in [0.29, 0.717) is 5.65 Å². The fourth-order valence-corrected chi connectivity index (χ4v) is 3.37. The maximum absolute atomic E-state index is 12.1. The van der Waals surface area contributed by atoms with Crippen LogP contribution in [0.5, 0.6) is 0 Å². The first-order valence-corrected chi connectivity index (χ1v) is 9.55. The largest absolute Gasteiger partial charge is 0.378 e. The van der Waals surface area contributed by atoms with Crippen molar-refractivity contribution in [2.24, 2.45) is 0 Å². The van der Waals surface area contributed by atoms with Gasteiger partial charge in [0.1, 0.15) is 12.9 Å². The van der Waals surface area contributed by atoms with Gasteiger partial charge in [-0.15, -0.1) is 10.2 Å². The molecule has 1 aliphatic heterocycles. The number of pyridine rings is 1. The molecule has 152 valence electrons. The third-order valence-corrected chi connectivity index (χ3v) is 4.83. The van der Waals surface area contributed by atoms with Gasteiger partial charge in [0, 0.05) is 30.5 Å². The molecule has 4 heterocycles. The minimum absolute atomic E-state index is 0.0118. The fraction of sp³-hybridized carbons (Fsp3) is 0.263. The van der Waals surface area contributed by atoms with Crippen LogP contribution in [0.25, 0.3) is 16.8 Å². The molecule has 1 amide bonds. The van der Waals surface area contributed by atoms with Crippen molar-refractivity contribution in [2.45, 2.75) is 6.54 Å². The first-order valence-electron chi connectivity index (χ1n) is 9.55. The highest BCUT2D eigenvalue weighted by molar-refractivity contribution is 5.88. The number of hydrogen-bond donors (Lipinski definition) is 1. The second-order valence-electron chi connectivity index (χ2n) is 6.86. The smallest absolute Gasteiger partial charge is 0.249 e. The van der Waals surface area contributed by atoms with Crippen LogP contribution in [0, 0.1) is 0 Å². The van der Waals surface area contributed by atoms with Gasteiger partial charge in [0.2, 0.25) is 11.9 Å². The third-order valence-electron chi connectivity index (χ3n) is 4.83. The molecule has 1 fully saturated rings. The van der Waals surface area contributed by atoms with E-state index in [1.807, 2.05) is 18.3 Å². The lowest BCUT2D eigenvalue weighted by atomic mass is 10.1. The molecule has 0 atom stereocenters. The van der Waals surface area contributed by atoms with E-state index in [2.05, 4.69) is 60.1 Å². The number of benzene rings is 1. The summed E-state index contributed by atoms with van der Waals surface area (Å²) < 4.78 is 8.42. The lowest BCUT2D eigenvalue weighted by molar-refractivity contribution is -0.117. The number of tetrazole rings is 1. The van der Waals surface area contributed by atoms with Crippen LogP contribution < -0.4 is 10.2 Å². The Morgan fingerprint density at radius 2 is 2.03 bits per heavy atom. The van der Waals surface area contributed by atoms with Crippen molar-refractivity contribution >= 4 is 23.2 Å². The lowest BCUT2D eigenvalue weighted by Gasteiger charge is -2.29. The number of nitrogens with one attached hydrogen (secondary N) is 1. The van der Waals surface area contributed by atoms with Crippen LogP contribution in [0.15, 0.2) is 48.9 Å². The van der Waals surface area contributed by atoms with Crippen LogP contribution in [-0.4, -0.2) is 67.0 Å². The molecule has 5 rings (SSSR count). The van der Waals surface area contributed by atoms with Gasteiger partial charge in [0.15, 0.2) is 5.65 Å². The summed E-state index contributed by atoms with van der Waals surface area (Å²) in [4.78, 5) is 18.8. The number of hydrogen-bond acceptors (Lipinski definition) is 8. The van der Waals surface area contributed by atoms with Crippen LogP contribution in [0.4, 0.5) is 11.6 Å². The van der Waals surface area contributed by atoms with Crippen molar-refractivity contribution in [3.05, 3.63) is 48.9 Å². The number of carbonyl (C=O) groups is 1. The Morgan fingerprint density at radius 1 is 1.13 bits per heavy atom. The molecule has 0 radical (unpaired) electrons. The van der Waals surface area contributed by atoms with Gasteiger partial charge in [-0.1, -0.05) is 12.1 Å². The molecule has 1 saturated heterocycles. The van der Waals surface area contributed by atoms with E-state index >= 15 is 0 Å². The number of carbonyl (C=O) groups excluding carboxylic acids is 1. The molecular weight excluding hydrogens is 386 g/mol. The van der Waals surface area contributed by atoms with E-state index in [0.717, 1.165) is 37.4 Å². The Morgan fingerprint density at radius 3 is 2.87 bits per heavy atom. The second kappa shape index (κ2) is 7.87. The van der Waals surface area contributed by atoms with Gasteiger partial charge in [-0.3, -0.25) is 10.1 Å². The molecule has 11 heteroatoms. The quantitative estimate of drug-likeness (QED) is 0.520. The average Bonchev–Trinajstić information content (AvgIpc) is 3.43. The topological polar surface area (TPSA) is 115 Å². The van der Waals surface area contributed by atoms with Gasteiger partial charge in [-0.05, 0) is 40.3 Å². The molecule has 30 heavy (non-hydrogen) atoms. The molecular formula is C19H19N9O2. The molecule has 1 aromatic carbocycles. The third kappa shape index (κ3) is 3.82. The van der Waals surface area contributed by atoms with E-state index in [9.17, 15) is 4.79 Å². The number of amides is 1. The van der Waals surface area contributed by atoms with E-state index in [1.54, 1.807) is 4.52 Å². The predicted molar refractivity (Wildman–Crippen MR) is 108 cm³/mol. The number of anilines is 2. The minimum atomic E-state index is -0.309. The Hall–Kier alpha value is -3.86. The molecule has 0 spiro atoms. The van der Waals surface area contributed by atoms with E-state index in [-0.39, 0.29) is 18.4 Å². The zero-order chi connectivity index (χ0) is 20.3. The van der Waals surface area contributed by atoms with Crippen molar-refractivity contribution in [1.29, 1.82) is 0 Å². The Balaban J connectivity index is 1.35. The van der Waals surface area contributed by atoms with Crippen LogP contribution in [-0.2, 0) is 16.1 Å². The monoisotopic (exact) mass is 405 g/mol. The van der Waals surface area contributed by atoms with Crippen LogP contribution in [0.1, 0.15) is 0 Å². The van der Waals surface area contributed by atoms with E-state index in [1.165, 1.54) is 16.7 Å². The highest BCUT2D eigenvalue weighted by Crippen LogP contribution is 2.25. The number of nitrogens with zero attached hydrogens (tertiary/aromatic N) is 8. The summed E-state index contributed by atoms with van der Waals surface area (Å²) in [6.45, 7) is 3.26. The van der Waals surface area contributed by atoms with Crippen molar-refractivity contribution in [2.75, 3.05) is 36.5 Å². The molecule has 0 unspecified atom stereocenters. The van der Waals surface area contributed by atoms with E-state index in [4.69, 9.17) is 4.74 Å². The summed E-state index contributed by atoms with van der Waals surface area (Å²) in [5, 5.41) is 17.7. The summed E-state index contributed by atoms with van der Waals surface area (Å²) in [5.74, 6) is -0.0797. The van der Waals surface area contributed by atoms with Gasteiger partial charge in [-0.2, -0.15) is 4.98 Å². The van der Waals surface area contributed by atoms with Gasteiger partial charge in [0.05, 0.1) is 13.2 Å². The molecule has 0 saturated carbocycles. The predicted octanol–water partition coefficient (Wildman–Crippen LogP) is 0.858. The highest BCUT2D eigenvalue weighted by atomic mass is 16.5. The minimum Gasteiger partial charge on any atom is -0.378 e. The van der Waals surface area contributed by atoms with Crippen LogP contribution in [0.2, 0.25) is 0 Å². The summed E-state index contributed by atoms with van der Waals surface area (Å²) >= 11 is 0.